The van der Waals surface area contributed by atoms with Crippen LogP contribution in [0.1, 0.15) is 53.9 Å². The minimum atomic E-state index is -0.449. The van der Waals surface area contributed by atoms with Gasteiger partial charge in [0.2, 0.25) is 0 Å². The van der Waals surface area contributed by atoms with Crippen molar-refractivity contribution < 1.29 is 28.6 Å². The van der Waals surface area contributed by atoms with E-state index in [1.54, 1.807) is 6.92 Å². The maximum atomic E-state index is 12.0. The van der Waals surface area contributed by atoms with Gasteiger partial charge in [-0.15, -0.1) is 0 Å². The summed E-state index contributed by atoms with van der Waals surface area (Å²) in [7, 11) is 0. The summed E-state index contributed by atoms with van der Waals surface area (Å²) in [5.74, 6) is -0.607. The van der Waals surface area contributed by atoms with Crippen molar-refractivity contribution in [3.8, 4) is 17.2 Å². The first-order valence-electron chi connectivity index (χ1n) is 8.47. The van der Waals surface area contributed by atoms with Crippen molar-refractivity contribution in [2.24, 2.45) is 11.8 Å². The van der Waals surface area contributed by atoms with Gasteiger partial charge in [0.15, 0.2) is 11.5 Å². The zero-order valence-electron chi connectivity index (χ0n) is 15.5. The Kier molecular flexibility index (Phi) is 8.11. The predicted octanol–water partition coefficient (Wildman–Crippen LogP) is 3.91. The minimum absolute atomic E-state index is 0.0594. The molecule has 0 spiro atoms. The Hall–Kier alpha value is -2.37. The summed E-state index contributed by atoms with van der Waals surface area (Å²) in [5.41, 5.74) is 0. The Bertz CT molecular complexity index is 618. The Morgan fingerprint density at radius 3 is 1.80 bits per heavy atom. The number of esters is 3. The molecule has 0 heterocycles. The number of rotatable bonds is 8. The predicted molar refractivity (Wildman–Crippen MR) is 92.5 cm³/mol. The van der Waals surface area contributed by atoms with Gasteiger partial charge in [0.05, 0.1) is 0 Å². The zero-order chi connectivity index (χ0) is 19.0. The van der Waals surface area contributed by atoms with Crippen LogP contribution in [0.2, 0.25) is 0 Å². The molecule has 0 N–H and O–H groups in total. The SMILES string of the molecule is CCC(=O)Oc1ccc(OC(=O)CC(C)C)c(OC(=O)CC(C)C)c1. The summed E-state index contributed by atoms with van der Waals surface area (Å²) >= 11 is 0. The van der Waals surface area contributed by atoms with Crippen LogP contribution in [0, 0.1) is 11.8 Å². The van der Waals surface area contributed by atoms with E-state index >= 15 is 0 Å². The molecule has 1 aromatic carbocycles. The standard InChI is InChI=1S/C19H26O6/c1-6-17(20)23-14-7-8-15(24-18(21)9-12(2)3)16(11-14)25-19(22)10-13(4)5/h7-8,11-13H,6,9-10H2,1-5H3. The van der Waals surface area contributed by atoms with Crippen molar-refractivity contribution in [3.05, 3.63) is 18.2 Å². The normalized spacial score (nSPS) is 10.7. The molecule has 0 bridgehead atoms. The van der Waals surface area contributed by atoms with E-state index in [1.165, 1.54) is 18.2 Å². The van der Waals surface area contributed by atoms with E-state index in [9.17, 15) is 14.4 Å². The van der Waals surface area contributed by atoms with Gasteiger partial charge in [0.25, 0.3) is 0 Å². The first kappa shape index (κ1) is 20.7. The lowest BCUT2D eigenvalue weighted by Crippen LogP contribution is -2.15. The zero-order valence-corrected chi connectivity index (χ0v) is 15.5. The van der Waals surface area contributed by atoms with Crippen molar-refractivity contribution in [2.45, 2.75) is 53.9 Å². The van der Waals surface area contributed by atoms with Gasteiger partial charge in [-0.05, 0) is 24.0 Å². The maximum Gasteiger partial charge on any atom is 0.311 e. The number of carbonyl (C=O) groups is 3. The first-order valence-corrected chi connectivity index (χ1v) is 8.47. The van der Waals surface area contributed by atoms with E-state index in [4.69, 9.17) is 14.2 Å². The molecule has 1 rings (SSSR count). The third-order valence-corrected chi connectivity index (χ3v) is 3.03. The Labute approximate surface area is 148 Å². The van der Waals surface area contributed by atoms with E-state index in [1.807, 2.05) is 27.7 Å². The van der Waals surface area contributed by atoms with Gasteiger partial charge in [-0.2, -0.15) is 0 Å². The molecule has 0 aliphatic rings. The molecule has 0 saturated carbocycles. The highest BCUT2D eigenvalue weighted by atomic mass is 16.6. The average Bonchev–Trinajstić information content (AvgIpc) is 2.48. The lowest BCUT2D eigenvalue weighted by atomic mass is 10.1. The number of hydrogen-bond acceptors (Lipinski definition) is 6. The lowest BCUT2D eigenvalue weighted by Gasteiger charge is -2.13. The van der Waals surface area contributed by atoms with Crippen LogP contribution >= 0.6 is 0 Å². The van der Waals surface area contributed by atoms with Crippen LogP contribution in [0.5, 0.6) is 17.2 Å². The third kappa shape index (κ3) is 7.83. The van der Waals surface area contributed by atoms with Crippen LogP contribution in [-0.2, 0) is 14.4 Å². The second-order valence-electron chi connectivity index (χ2n) is 6.58. The van der Waals surface area contributed by atoms with E-state index in [0.717, 1.165) is 0 Å². The van der Waals surface area contributed by atoms with E-state index in [-0.39, 0.29) is 48.3 Å². The van der Waals surface area contributed by atoms with Crippen LogP contribution in [-0.4, -0.2) is 17.9 Å². The topological polar surface area (TPSA) is 78.9 Å². The van der Waals surface area contributed by atoms with Crippen LogP contribution < -0.4 is 14.2 Å². The summed E-state index contributed by atoms with van der Waals surface area (Å²) in [6, 6.07) is 4.32. The Balaban J connectivity index is 3.01. The van der Waals surface area contributed by atoms with Gasteiger partial charge in [-0.25, -0.2) is 0 Å². The van der Waals surface area contributed by atoms with Crippen LogP contribution in [0.3, 0.4) is 0 Å². The quantitative estimate of drug-likeness (QED) is 0.522. The number of ether oxygens (including phenoxy) is 3. The molecule has 0 aliphatic carbocycles. The van der Waals surface area contributed by atoms with Gasteiger partial charge in [-0.1, -0.05) is 34.6 Å². The summed E-state index contributed by atoms with van der Waals surface area (Å²) in [6.07, 6.45) is 0.678. The molecule has 0 atom stereocenters. The largest absolute Gasteiger partial charge is 0.426 e. The molecule has 0 radical (unpaired) electrons. The Morgan fingerprint density at radius 1 is 0.800 bits per heavy atom. The van der Waals surface area contributed by atoms with E-state index in [0.29, 0.717) is 0 Å². The molecule has 0 aromatic heterocycles. The summed E-state index contributed by atoms with van der Waals surface area (Å²) in [5, 5.41) is 0. The molecule has 6 nitrogen and oxygen atoms in total. The van der Waals surface area contributed by atoms with Gasteiger partial charge >= 0.3 is 17.9 Å². The molecule has 0 amide bonds. The van der Waals surface area contributed by atoms with E-state index < -0.39 is 17.9 Å². The second-order valence-corrected chi connectivity index (χ2v) is 6.58. The molecule has 25 heavy (non-hydrogen) atoms. The summed E-state index contributed by atoms with van der Waals surface area (Å²) < 4.78 is 15.7. The van der Waals surface area contributed by atoms with Gasteiger partial charge in [0.1, 0.15) is 5.75 Å². The van der Waals surface area contributed by atoms with Gasteiger partial charge < -0.3 is 14.2 Å². The molecular formula is C19H26O6. The Morgan fingerprint density at radius 2 is 1.32 bits per heavy atom. The van der Waals surface area contributed by atoms with Crippen LogP contribution in [0.25, 0.3) is 0 Å². The first-order chi connectivity index (χ1) is 11.7. The molecule has 138 valence electrons. The molecule has 6 heteroatoms. The van der Waals surface area contributed by atoms with Crippen molar-refractivity contribution in [3.63, 3.8) is 0 Å². The summed E-state index contributed by atoms with van der Waals surface area (Å²) in [4.78, 5) is 35.3. The van der Waals surface area contributed by atoms with Gasteiger partial charge in [0, 0.05) is 25.3 Å². The minimum Gasteiger partial charge on any atom is -0.426 e. The number of benzene rings is 1. The maximum absolute atomic E-state index is 12.0. The van der Waals surface area contributed by atoms with Crippen molar-refractivity contribution in [1.29, 1.82) is 0 Å². The van der Waals surface area contributed by atoms with Crippen molar-refractivity contribution >= 4 is 17.9 Å². The van der Waals surface area contributed by atoms with Crippen molar-refractivity contribution in [1.82, 2.24) is 0 Å². The highest BCUT2D eigenvalue weighted by Gasteiger charge is 2.17. The smallest absolute Gasteiger partial charge is 0.311 e. The van der Waals surface area contributed by atoms with E-state index in [2.05, 4.69) is 0 Å². The van der Waals surface area contributed by atoms with Crippen LogP contribution in [0.4, 0.5) is 0 Å². The molecule has 1 aromatic rings. The average molecular weight is 350 g/mol. The lowest BCUT2D eigenvalue weighted by molar-refractivity contribution is -0.138. The van der Waals surface area contributed by atoms with Crippen LogP contribution in [0.15, 0.2) is 18.2 Å². The number of hydrogen-bond donors (Lipinski definition) is 0. The second kappa shape index (κ2) is 9.81. The highest BCUT2D eigenvalue weighted by molar-refractivity contribution is 5.77. The molecule has 0 saturated heterocycles. The molecule has 0 unspecified atom stereocenters. The molecule has 0 fully saturated rings. The molecule has 0 aliphatic heterocycles. The third-order valence-electron chi connectivity index (χ3n) is 3.03. The van der Waals surface area contributed by atoms with Gasteiger partial charge in [-0.3, -0.25) is 14.4 Å². The van der Waals surface area contributed by atoms with Crippen molar-refractivity contribution in [2.75, 3.05) is 0 Å². The fourth-order valence-electron chi connectivity index (χ4n) is 1.91. The summed E-state index contributed by atoms with van der Waals surface area (Å²) in [6.45, 7) is 9.26. The monoisotopic (exact) mass is 350 g/mol. The number of carbonyl (C=O) groups excluding carboxylic acids is 3. The fraction of sp³-hybridized carbons (Fsp3) is 0.526. The fourth-order valence-corrected chi connectivity index (χ4v) is 1.91. The highest BCUT2D eigenvalue weighted by Crippen LogP contribution is 2.33. The molecular weight excluding hydrogens is 324 g/mol.